The molecule has 4 nitrogen and oxygen atoms in total. The third kappa shape index (κ3) is 2.37. The molecule has 1 atom stereocenters. The molecule has 0 aliphatic rings. The molecule has 0 spiro atoms. The third-order valence-electron chi connectivity index (χ3n) is 2.08. The van der Waals surface area contributed by atoms with E-state index in [1.807, 2.05) is 0 Å². The van der Waals surface area contributed by atoms with Crippen molar-refractivity contribution in [3.8, 4) is 11.5 Å². The van der Waals surface area contributed by atoms with Crippen LogP contribution in [0.1, 0.15) is 18.1 Å². The lowest BCUT2D eigenvalue weighted by Crippen LogP contribution is -2.08. The number of rotatable bonds is 4. The van der Waals surface area contributed by atoms with Gasteiger partial charge in [0, 0.05) is 7.11 Å². The van der Waals surface area contributed by atoms with Crippen LogP contribution in [0, 0.1) is 0 Å². The number of ether oxygens (including phenoxy) is 1. The van der Waals surface area contributed by atoms with Gasteiger partial charge < -0.3 is 20.7 Å². The zero-order chi connectivity index (χ0) is 10.6. The Kier molecular flexibility index (Phi) is 3.73. The summed E-state index contributed by atoms with van der Waals surface area (Å²) in [5.74, 6) is -0.266. The maximum absolute atomic E-state index is 9.28. The summed E-state index contributed by atoms with van der Waals surface area (Å²) in [5.41, 5.74) is 6.23. The molecule has 1 rings (SSSR count). The van der Waals surface area contributed by atoms with E-state index in [-0.39, 0.29) is 17.6 Å². The van der Waals surface area contributed by atoms with Crippen molar-refractivity contribution in [2.45, 2.75) is 12.5 Å². The van der Waals surface area contributed by atoms with Crippen molar-refractivity contribution in [3.05, 3.63) is 23.8 Å². The highest BCUT2D eigenvalue weighted by Gasteiger charge is 2.11. The summed E-state index contributed by atoms with van der Waals surface area (Å²) in [5, 5.41) is 18.4. The lowest BCUT2D eigenvalue weighted by Gasteiger charge is -2.14. The van der Waals surface area contributed by atoms with Crippen molar-refractivity contribution in [2.75, 3.05) is 13.7 Å². The zero-order valence-electron chi connectivity index (χ0n) is 8.10. The molecule has 4 heteroatoms. The van der Waals surface area contributed by atoms with Crippen LogP contribution >= 0.6 is 0 Å². The Morgan fingerprint density at radius 1 is 1.36 bits per heavy atom. The number of benzene rings is 1. The first-order valence-corrected chi connectivity index (χ1v) is 4.43. The maximum Gasteiger partial charge on any atom is 0.157 e. The van der Waals surface area contributed by atoms with Gasteiger partial charge in [0.1, 0.15) is 0 Å². The maximum atomic E-state index is 9.28. The van der Waals surface area contributed by atoms with Crippen LogP contribution in [0.25, 0.3) is 0 Å². The molecule has 1 aromatic rings. The van der Waals surface area contributed by atoms with E-state index in [9.17, 15) is 5.11 Å². The van der Waals surface area contributed by atoms with E-state index in [1.54, 1.807) is 13.2 Å². The number of nitrogens with two attached hydrogens (primary N) is 1. The summed E-state index contributed by atoms with van der Waals surface area (Å²) < 4.78 is 5.20. The topological polar surface area (TPSA) is 75.7 Å². The van der Waals surface area contributed by atoms with E-state index in [1.165, 1.54) is 12.1 Å². The van der Waals surface area contributed by atoms with Crippen molar-refractivity contribution >= 4 is 0 Å². The van der Waals surface area contributed by atoms with Gasteiger partial charge >= 0.3 is 0 Å². The van der Waals surface area contributed by atoms with Crippen molar-refractivity contribution in [1.29, 1.82) is 0 Å². The average molecular weight is 197 g/mol. The van der Waals surface area contributed by atoms with Crippen LogP contribution < -0.4 is 5.73 Å². The number of phenolic OH excluding ortho intramolecular Hbond substituents is 2. The van der Waals surface area contributed by atoms with Crippen molar-refractivity contribution < 1.29 is 14.9 Å². The molecule has 1 aromatic carbocycles. The molecule has 0 saturated carbocycles. The third-order valence-corrected chi connectivity index (χ3v) is 2.08. The summed E-state index contributed by atoms with van der Waals surface area (Å²) in [4.78, 5) is 0. The first kappa shape index (κ1) is 10.8. The van der Waals surface area contributed by atoms with Crippen molar-refractivity contribution in [1.82, 2.24) is 0 Å². The molecule has 0 aliphatic heterocycles. The molecule has 4 N–H and O–H groups in total. The number of aromatic hydroxyl groups is 2. The van der Waals surface area contributed by atoms with Gasteiger partial charge in [-0.2, -0.15) is 0 Å². The molecule has 14 heavy (non-hydrogen) atoms. The smallest absolute Gasteiger partial charge is 0.157 e. The monoisotopic (exact) mass is 197 g/mol. The fourth-order valence-electron chi connectivity index (χ4n) is 1.31. The van der Waals surface area contributed by atoms with Crippen LogP contribution in [0.5, 0.6) is 11.5 Å². The largest absolute Gasteiger partial charge is 0.504 e. The number of hydrogen-bond donors (Lipinski definition) is 3. The number of methoxy groups -OCH3 is 1. The van der Waals surface area contributed by atoms with Gasteiger partial charge in [-0.3, -0.25) is 0 Å². The second-order valence-electron chi connectivity index (χ2n) is 3.05. The molecule has 0 aromatic heterocycles. The molecular formula is C10H15NO3. The predicted octanol–water partition coefficient (Wildman–Crippen LogP) is 1.13. The van der Waals surface area contributed by atoms with Gasteiger partial charge in [0.05, 0.1) is 6.10 Å². The summed E-state index contributed by atoms with van der Waals surface area (Å²) in [6, 6.07) is 4.63. The Balaban J connectivity index is 2.88. The van der Waals surface area contributed by atoms with Gasteiger partial charge in [-0.1, -0.05) is 6.07 Å². The van der Waals surface area contributed by atoms with E-state index in [0.29, 0.717) is 13.0 Å². The Morgan fingerprint density at radius 3 is 2.57 bits per heavy atom. The van der Waals surface area contributed by atoms with Gasteiger partial charge in [-0.05, 0) is 30.7 Å². The van der Waals surface area contributed by atoms with Gasteiger partial charge in [0.15, 0.2) is 11.5 Å². The zero-order valence-corrected chi connectivity index (χ0v) is 8.10. The Labute approximate surface area is 82.9 Å². The predicted molar refractivity (Wildman–Crippen MR) is 53.2 cm³/mol. The standard InChI is InChI=1S/C10H15NO3/c1-14-10(4-5-11)7-2-3-8(12)9(13)6-7/h2-3,6,10,12-13H,4-5,11H2,1H3. The minimum absolute atomic E-state index is 0.128. The minimum Gasteiger partial charge on any atom is -0.504 e. The second-order valence-corrected chi connectivity index (χ2v) is 3.05. The van der Waals surface area contributed by atoms with Gasteiger partial charge in [-0.15, -0.1) is 0 Å². The summed E-state index contributed by atoms with van der Waals surface area (Å²) in [7, 11) is 1.59. The first-order valence-electron chi connectivity index (χ1n) is 4.43. The Morgan fingerprint density at radius 2 is 2.07 bits per heavy atom. The fraction of sp³-hybridized carbons (Fsp3) is 0.400. The molecule has 0 fully saturated rings. The molecule has 0 saturated heterocycles. The van der Waals surface area contributed by atoms with Gasteiger partial charge in [0.25, 0.3) is 0 Å². The molecule has 0 amide bonds. The SMILES string of the molecule is COC(CCN)c1ccc(O)c(O)c1. The van der Waals surface area contributed by atoms with Crippen LogP contribution in [0.2, 0.25) is 0 Å². The quantitative estimate of drug-likeness (QED) is 0.632. The van der Waals surface area contributed by atoms with Crippen molar-refractivity contribution in [2.24, 2.45) is 5.73 Å². The van der Waals surface area contributed by atoms with Gasteiger partial charge in [0.2, 0.25) is 0 Å². The highest BCUT2D eigenvalue weighted by molar-refractivity contribution is 5.41. The molecule has 1 unspecified atom stereocenters. The van der Waals surface area contributed by atoms with Crippen LogP contribution in [0.3, 0.4) is 0 Å². The second kappa shape index (κ2) is 4.83. The van der Waals surface area contributed by atoms with Crippen LogP contribution in [0.4, 0.5) is 0 Å². The number of phenols is 2. The molecule has 0 radical (unpaired) electrons. The van der Waals surface area contributed by atoms with Crippen LogP contribution in [-0.2, 0) is 4.74 Å². The van der Waals surface area contributed by atoms with E-state index in [2.05, 4.69) is 0 Å². The average Bonchev–Trinajstić information content (AvgIpc) is 2.19. The van der Waals surface area contributed by atoms with E-state index in [4.69, 9.17) is 15.6 Å². The normalized spacial score (nSPS) is 12.7. The summed E-state index contributed by atoms with van der Waals surface area (Å²) in [6.07, 6.45) is 0.548. The molecular weight excluding hydrogens is 182 g/mol. The molecule has 0 bridgehead atoms. The highest BCUT2D eigenvalue weighted by atomic mass is 16.5. The van der Waals surface area contributed by atoms with E-state index >= 15 is 0 Å². The Hall–Kier alpha value is -1.26. The van der Waals surface area contributed by atoms with Gasteiger partial charge in [-0.25, -0.2) is 0 Å². The lowest BCUT2D eigenvalue weighted by molar-refractivity contribution is 0.0975. The van der Waals surface area contributed by atoms with Crippen LogP contribution in [0.15, 0.2) is 18.2 Å². The number of hydrogen-bond acceptors (Lipinski definition) is 4. The van der Waals surface area contributed by atoms with E-state index in [0.717, 1.165) is 5.56 Å². The minimum atomic E-state index is -0.137. The molecule has 78 valence electrons. The molecule has 0 heterocycles. The van der Waals surface area contributed by atoms with E-state index < -0.39 is 0 Å². The van der Waals surface area contributed by atoms with Crippen LogP contribution in [-0.4, -0.2) is 23.9 Å². The molecule has 0 aliphatic carbocycles. The fourth-order valence-corrected chi connectivity index (χ4v) is 1.31. The first-order chi connectivity index (χ1) is 6.69. The summed E-state index contributed by atoms with van der Waals surface area (Å²) in [6.45, 7) is 0.514. The summed E-state index contributed by atoms with van der Waals surface area (Å²) >= 11 is 0. The highest BCUT2D eigenvalue weighted by Crippen LogP contribution is 2.29. The van der Waals surface area contributed by atoms with Crippen molar-refractivity contribution in [3.63, 3.8) is 0 Å². The lowest BCUT2D eigenvalue weighted by atomic mass is 10.1. The Bertz CT molecular complexity index is 301.